The second-order valence-corrected chi connectivity index (χ2v) is 10.6. The average Bonchev–Trinajstić information content (AvgIpc) is 3.33. The van der Waals surface area contributed by atoms with E-state index >= 15 is 0 Å². The van der Waals surface area contributed by atoms with Crippen LogP contribution in [0.1, 0.15) is 55.7 Å². The number of hydrogen-bond acceptors (Lipinski definition) is 7. The Morgan fingerprint density at radius 3 is 2.61 bits per heavy atom. The van der Waals surface area contributed by atoms with Gasteiger partial charge in [-0.3, -0.25) is 4.79 Å². The first-order valence-corrected chi connectivity index (χ1v) is 12.1. The number of aliphatic hydroxyl groups is 1. The van der Waals surface area contributed by atoms with Gasteiger partial charge in [-0.2, -0.15) is 5.26 Å². The minimum absolute atomic E-state index is 0.0974. The Bertz CT molecular complexity index is 1280. The van der Waals surface area contributed by atoms with Gasteiger partial charge in [-0.1, -0.05) is 44.5 Å². The number of hydrogen-bond donors (Lipinski definition) is 2. The molecule has 4 rings (SSSR count). The Balaban J connectivity index is 1.43. The number of rotatable bonds is 8. The van der Waals surface area contributed by atoms with Gasteiger partial charge in [0.05, 0.1) is 28.0 Å². The largest absolute Gasteiger partial charge is 0.489 e. The van der Waals surface area contributed by atoms with Crippen molar-refractivity contribution >= 4 is 17.5 Å². The van der Waals surface area contributed by atoms with E-state index in [0.717, 1.165) is 5.69 Å². The van der Waals surface area contributed by atoms with Crippen LogP contribution in [-0.4, -0.2) is 49.7 Å². The summed E-state index contributed by atoms with van der Waals surface area (Å²) in [5, 5.41) is 29.7. The van der Waals surface area contributed by atoms with E-state index in [-0.39, 0.29) is 35.5 Å². The fourth-order valence-electron chi connectivity index (χ4n) is 5.25. The summed E-state index contributed by atoms with van der Waals surface area (Å²) >= 11 is 6.17. The molecule has 2 N–H and O–H groups in total. The van der Waals surface area contributed by atoms with Crippen molar-refractivity contribution in [1.29, 1.82) is 5.26 Å². The Morgan fingerprint density at radius 2 is 2.00 bits per heavy atom. The van der Waals surface area contributed by atoms with Gasteiger partial charge in [-0.05, 0) is 37.1 Å². The molecule has 1 saturated carbocycles. The van der Waals surface area contributed by atoms with Crippen molar-refractivity contribution in [2.24, 2.45) is 10.8 Å². The number of nitriles is 1. The van der Waals surface area contributed by atoms with Crippen molar-refractivity contribution in [1.82, 2.24) is 25.3 Å². The first-order valence-electron chi connectivity index (χ1n) is 11.7. The lowest BCUT2D eigenvalue weighted by Crippen LogP contribution is -2.74. The van der Waals surface area contributed by atoms with E-state index < -0.39 is 0 Å². The molecule has 1 amide bonds. The molecular weight excluding hydrogens is 480 g/mol. The molecule has 1 aliphatic rings. The summed E-state index contributed by atoms with van der Waals surface area (Å²) in [6, 6.07) is 10.3. The fraction of sp³-hybridized carbons (Fsp3) is 0.423. The smallest absolute Gasteiger partial charge is 0.253 e. The van der Waals surface area contributed by atoms with Gasteiger partial charge in [0.25, 0.3) is 5.91 Å². The van der Waals surface area contributed by atoms with Crippen molar-refractivity contribution in [2.75, 3.05) is 6.61 Å². The molecule has 0 atom stereocenters. The van der Waals surface area contributed by atoms with Gasteiger partial charge in [-0.15, -0.1) is 5.10 Å². The number of pyridine rings is 1. The predicted octanol–water partition coefficient (Wildman–Crippen LogP) is 3.72. The predicted molar refractivity (Wildman–Crippen MR) is 134 cm³/mol. The van der Waals surface area contributed by atoms with Crippen LogP contribution in [0, 0.1) is 22.2 Å². The number of nitrogens with zero attached hydrogens (tertiary/aromatic N) is 5. The Kier molecular flexibility index (Phi) is 7.03. The molecule has 2 heterocycles. The van der Waals surface area contributed by atoms with Crippen LogP contribution in [0.5, 0.6) is 5.75 Å². The number of amides is 1. The number of nitrogens with one attached hydrogen (secondary N) is 1. The summed E-state index contributed by atoms with van der Waals surface area (Å²) in [4.78, 5) is 17.4. The third-order valence-corrected chi connectivity index (χ3v) is 7.12. The van der Waals surface area contributed by atoms with Crippen molar-refractivity contribution in [2.45, 2.75) is 52.7 Å². The van der Waals surface area contributed by atoms with Gasteiger partial charge in [0.2, 0.25) is 0 Å². The SMILES string of the molecule is CC1(C)C(NC(=O)c2ccc(-n3cc(CCCO)nn3)nc2)C(C)(C)C1Oc1ccc(C#N)c(Cl)c1. The number of aromatic nitrogens is 4. The minimum Gasteiger partial charge on any atom is -0.489 e. The Morgan fingerprint density at radius 1 is 1.25 bits per heavy atom. The monoisotopic (exact) mass is 508 g/mol. The topological polar surface area (TPSA) is 126 Å². The summed E-state index contributed by atoms with van der Waals surface area (Å²) in [7, 11) is 0. The molecule has 0 bridgehead atoms. The van der Waals surface area contributed by atoms with Gasteiger partial charge in [-0.25, -0.2) is 9.67 Å². The number of ether oxygens (including phenoxy) is 1. The van der Waals surface area contributed by atoms with E-state index in [1.165, 1.54) is 6.20 Å². The maximum Gasteiger partial charge on any atom is 0.253 e. The second kappa shape index (κ2) is 9.88. The zero-order chi connectivity index (χ0) is 26.1. The van der Waals surface area contributed by atoms with Crippen LogP contribution in [0.3, 0.4) is 0 Å². The standard InChI is InChI=1S/C26H29ClN6O3/c1-25(2)23(26(3,4)24(25)36-19-9-7-16(13-28)20(27)12-19)30-22(35)17-8-10-21(29-14-17)33-15-18(31-32-33)6-5-11-34/h7-10,12,14-15,23-24,34H,5-6,11H2,1-4H3,(H,30,35). The molecule has 0 radical (unpaired) electrons. The molecule has 9 nitrogen and oxygen atoms in total. The third-order valence-electron chi connectivity index (χ3n) is 6.81. The van der Waals surface area contributed by atoms with Gasteiger partial charge in [0, 0.05) is 35.7 Å². The van der Waals surface area contributed by atoms with Crippen molar-refractivity contribution in [3.63, 3.8) is 0 Å². The summed E-state index contributed by atoms with van der Waals surface area (Å²) in [6.07, 6.45) is 4.34. The van der Waals surface area contributed by atoms with Crippen LogP contribution >= 0.6 is 11.6 Å². The molecule has 188 valence electrons. The van der Waals surface area contributed by atoms with Crippen molar-refractivity contribution in [3.8, 4) is 17.6 Å². The van der Waals surface area contributed by atoms with E-state index in [4.69, 9.17) is 26.7 Å². The van der Waals surface area contributed by atoms with Gasteiger partial charge in [0.1, 0.15) is 17.9 Å². The number of carbonyl (C=O) groups is 1. The van der Waals surface area contributed by atoms with E-state index in [9.17, 15) is 4.79 Å². The van der Waals surface area contributed by atoms with Crippen LogP contribution in [0.25, 0.3) is 5.82 Å². The summed E-state index contributed by atoms with van der Waals surface area (Å²) in [6.45, 7) is 8.32. The molecule has 0 aliphatic heterocycles. The molecule has 1 aromatic carbocycles. The molecule has 36 heavy (non-hydrogen) atoms. The highest BCUT2D eigenvalue weighted by Gasteiger charge is 2.64. The molecular formula is C26H29ClN6O3. The average molecular weight is 509 g/mol. The van der Waals surface area contributed by atoms with E-state index in [1.807, 2.05) is 6.07 Å². The normalized spacial score (nSPS) is 19.7. The second-order valence-electron chi connectivity index (χ2n) is 10.2. The number of benzene rings is 1. The Hall–Kier alpha value is -3.48. The first-order chi connectivity index (χ1) is 17.1. The quantitative estimate of drug-likeness (QED) is 0.474. The highest BCUT2D eigenvalue weighted by molar-refractivity contribution is 6.31. The third kappa shape index (κ3) is 4.79. The van der Waals surface area contributed by atoms with Crippen LogP contribution in [0.2, 0.25) is 5.02 Å². The Labute approximate surface area is 215 Å². The molecule has 1 aliphatic carbocycles. The lowest BCUT2D eigenvalue weighted by molar-refractivity contribution is -0.164. The minimum atomic E-state index is -0.362. The molecule has 0 unspecified atom stereocenters. The van der Waals surface area contributed by atoms with Crippen molar-refractivity contribution in [3.05, 3.63) is 64.6 Å². The van der Waals surface area contributed by atoms with Gasteiger partial charge in [0.15, 0.2) is 5.82 Å². The first kappa shape index (κ1) is 25.6. The maximum absolute atomic E-state index is 13.1. The molecule has 0 saturated heterocycles. The van der Waals surface area contributed by atoms with E-state index in [0.29, 0.717) is 40.6 Å². The summed E-state index contributed by atoms with van der Waals surface area (Å²) in [5.74, 6) is 0.915. The number of carbonyl (C=O) groups excluding carboxylic acids is 1. The zero-order valence-corrected chi connectivity index (χ0v) is 21.5. The summed E-state index contributed by atoms with van der Waals surface area (Å²) in [5.41, 5.74) is 0.875. The highest BCUT2D eigenvalue weighted by atomic mass is 35.5. The number of aliphatic hydroxyl groups excluding tert-OH is 1. The maximum atomic E-state index is 13.1. The molecule has 1 fully saturated rings. The van der Waals surface area contributed by atoms with Crippen LogP contribution in [0.15, 0.2) is 42.7 Å². The molecule has 10 heteroatoms. The van der Waals surface area contributed by atoms with E-state index in [2.05, 4.69) is 48.3 Å². The van der Waals surface area contributed by atoms with Crippen LogP contribution in [0.4, 0.5) is 0 Å². The van der Waals surface area contributed by atoms with Crippen molar-refractivity contribution < 1.29 is 14.6 Å². The van der Waals surface area contributed by atoms with E-state index in [1.54, 1.807) is 41.2 Å². The van der Waals surface area contributed by atoms with Crippen LogP contribution < -0.4 is 10.1 Å². The molecule has 0 spiro atoms. The van der Waals surface area contributed by atoms with Crippen LogP contribution in [-0.2, 0) is 6.42 Å². The lowest BCUT2D eigenvalue weighted by atomic mass is 9.49. The van der Waals surface area contributed by atoms with Gasteiger partial charge < -0.3 is 15.2 Å². The summed E-state index contributed by atoms with van der Waals surface area (Å²) < 4.78 is 7.83. The molecule has 2 aromatic heterocycles. The number of halogens is 1. The zero-order valence-electron chi connectivity index (χ0n) is 20.7. The van der Waals surface area contributed by atoms with Gasteiger partial charge >= 0.3 is 0 Å². The highest BCUT2D eigenvalue weighted by Crippen LogP contribution is 2.55. The lowest BCUT2D eigenvalue weighted by Gasteiger charge is -2.63. The molecule has 3 aromatic rings. The fourth-order valence-corrected chi connectivity index (χ4v) is 5.46. The number of aryl methyl sites for hydroxylation is 1.